The van der Waals surface area contributed by atoms with Gasteiger partial charge in [-0.05, 0) is 75.9 Å². The van der Waals surface area contributed by atoms with E-state index in [2.05, 4.69) is 30.7 Å². The lowest BCUT2D eigenvalue weighted by Gasteiger charge is -2.35. The Balaban J connectivity index is 1.06. The summed E-state index contributed by atoms with van der Waals surface area (Å²) >= 11 is 0. The normalized spacial score (nSPS) is 15.0. The Morgan fingerprint density at radius 1 is 0.783 bits per heavy atom. The first-order valence-electron chi connectivity index (χ1n) is 16.8. The van der Waals surface area contributed by atoms with Crippen LogP contribution < -0.4 is 26.6 Å². The summed E-state index contributed by atoms with van der Waals surface area (Å²) in [6.45, 7) is 6.53. The van der Waals surface area contributed by atoms with Crippen molar-refractivity contribution >= 4 is 40.8 Å². The lowest BCUT2D eigenvalue weighted by atomic mass is 10.1. The number of anilines is 3. The van der Waals surface area contributed by atoms with Crippen molar-refractivity contribution in [2.75, 3.05) is 69.1 Å². The van der Waals surface area contributed by atoms with Crippen LogP contribution in [0, 0.1) is 0 Å². The van der Waals surface area contributed by atoms with Crippen LogP contribution in [0.25, 0.3) is 0 Å². The number of rotatable bonds is 18. The number of carbonyl (C=O) groups excluding carboxylic acids is 4. The Morgan fingerprint density at radius 2 is 1.43 bits per heavy atom. The molecule has 1 saturated heterocycles. The maximum absolute atomic E-state index is 13.7. The minimum absolute atomic E-state index is 0.0900. The van der Waals surface area contributed by atoms with E-state index in [9.17, 15) is 19.2 Å². The molecule has 4 rings (SSSR count). The number of hydrogen-bond acceptors (Lipinski definition) is 8. The fourth-order valence-electron chi connectivity index (χ4n) is 5.81. The molecule has 1 fully saturated rings. The van der Waals surface area contributed by atoms with Crippen LogP contribution in [0.5, 0.6) is 0 Å². The molecule has 0 saturated carbocycles. The minimum Gasteiger partial charge on any atom is -0.356 e. The van der Waals surface area contributed by atoms with Gasteiger partial charge < -0.3 is 26.6 Å². The average molecular weight is 635 g/mol. The fraction of sp³-hybridized carbons (Fsp3) is 0.559. The summed E-state index contributed by atoms with van der Waals surface area (Å²) in [5.41, 5.74) is 6.97. The number of nitrogens with zero attached hydrogens (tertiary/aromatic N) is 4. The van der Waals surface area contributed by atoms with E-state index in [1.54, 1.807) is 41.4 Å². The first kappa shape index (κ1) is 35.0. The Labute approximate surface area is 272 Å². The number of nitrogens with one attached hydrogen (secondary N) is 3. The van der Waals surface area contributed by atoms with Gasteiger partial charge in [-0.2, -0.15) is 0 Å². The number of pyridine rings is 1. The molecule has 5 N–H and O–H groups in total. The highest BCUT2D eigenvalue weighted by Gasteiger charge is 2.31. The number of para-hydroxylation sites is 1. The van der Waals surface area contributed by atoms with Gasteiger partial charge in [0.15, 0.2) is 5.82 Å². The summed E-state index contributed by atoms with van der Waals surface area (Å²) in [5.74, 6) is 0.245. The molecule has 2 aliphatic rings. The lowest BCUT2D eigenvalue weighted by Crippen LogP contribution is -2.49. The Morgan fingerprint density at radius 3 is 2.15 bits per heavy atom. The molecule has 250 valence electrons. The van der Waals surface area contributed by atoms with Gasteiger partial charge in [-0.25, -0.2) is 4.98 Å². The van der Waals surface area contributed by atoms with Crippen molar-refractivity contribution in [1.82, 2.24) is 25.4 Å². The number of hydrogen-bond donors (Lipinski definition) is 4. The summed E-state index contributed by atoms with van der Waals surface area (Å²) in [6, 6.07) is 10.6. The molecule has 0 aliphatic carbocycles. The highest BCUT2D eigenvalue weighted by atomic mass is 16.2. The van der Waals surface area contributed by atoms with Crippen LogP contribution in [-0.4, -0.2) is 97.3 Å². The third-order valence-corrected chi connectivity index (χ3v) is 8.44. The molecular formula is C34H50N8O4. The second-order valence-corrected chi connectivity index (χ2v) is 12.0. The number of unbranched alkanes of at least 4 members (excludes halogenated alkanes) is 5. The quantitative estimate of drug-likeness (QED) is 0.183. The largest absolute Gasteiger partial charge is 0.356 e. The molecule has 0 unspecified atom stereocenters. The van der Waals surface area contributed by atoms with E-state index in [1.165, 1.54) is 0 Å². The standard InChI is InChI=1S/C34H50N8O4/c35-17-7-1-3-15-30(43)36-18-8-2-4-16-31(44)37-19-9-10-21-40-22-24-41(25-23-40)26-32(45)42-29-14-6-5-12-27(29)34(46)39-28-13-11-20-38-33(28)42/h5-6,11-14,20H,1-4,7-10,15-19,21-26,35H2,(H,36,43)(H,37,44)(H,39,46). The minimum atomic E-state index is -0.257. The summed E-state index contributed by atoms with van der Waals surface area (Å²) < 4.78 is 0. The lowest BCUT2D eigenvalue weighted by molar-refractivity contribution is -0.122. The molecule has 1 aromatic heterocycles. The Hall–Kier alpha value is -3.87. The number of amides is 4. The van der Waals surface area contributed by atoms with Crippen molar-refractivity contribution in [2.24, 2.45) is 5.73 Å². The van der Waals surface area contributed by atoms with Crippen molar-refractivity contribution < 1.29 is 19.2 Å². The molecule has 12 nitrogen and oxygen atoms in total. The fourth-order valence-corrected chi connectivity index (χ4v) is 5.81. The molecule has 0 spiro atoms. The maximum Gasteiger partial charge on any atom is 0.257 e. The van der Waals surface area contributed by atoms with E-state index in [1.807, 2.05) is 6.07 Å². The van der Waals surface area contributed by atoms with Crippen LogP contribution in [-0.2, 0) is 14.4 Å². The van der Waals surface area contributed by atoms with Gasteiger partial charge >= 0.3 is 0 Å². The Bertz CT molecular complexity index is 1300. The van der Waals surface area contributed by atoms with E-state index >= 15 is 0 Å². The van der Waals surface area contributed by atoms with Crippen LogP contribution in [0.15, 0.2) is 42.6 Å². The molecule has 46 heavy (non-hydrogen) atoms. The number of fused-ring (bicyclic) bond motifs is 2. The molecule has 0 atom stereocenters. The van der Waals surface area contributed by atoms with E-state index in [0.717, 1.165) is 84.1 Å². The number of nitrogens with two attached hydrogens (primary N) is 1. The molecule has 3 heterocycles. The van der Waals surface area contributed by atoms with Gasteiger partial charge in [0.25, 0.3) is 5.91 Å². The van der Waals surface area contributed by atoms with E-state index < -0.39 is 0 Å². The second kappa shape index (κ2) is 18.9. The van der Waals surface area contributed by atoms with Crippen LogP contribution in [0.1, 0.15) is 74.6 Å². The third-order valence-electron chi connectivity index (χ3n) is 8.44. The van der Waals surface area contributed by atoms with Crippen LogP contribution >= 0.6 is 0 Å². The number of aromatic nitrogens is 1. The predicted molar refractivity (Wildman–Crippen MR) is 180 cm³/mol. The van der Waals surface area contributed by atoms with Crippen molar-refractivity contribution in [3.8, 4) is 0 Å². The van der Waals surface area contributed by atoms with Crippen LogP contribution in [0.2, 0.25) is 0 Å². The first-order valence-corrected chi connectivity index (χ1v) is 16.8. The van der Waals surface area contributed by atoms with E-state index in [0.29, 0.717) is 55.2 Å². The molecular weight excluding hydrogens is 584 g/mol. The smallest absolute Gasteiger partial charge is 0.257 e. The van der Waals surface area contributed by atoms with Gasteiger partial charge in [-0.3, -0.25) is 29.0 Å². The molecule has 2 aliphatic heterocycles. The monoisotopic (exact) mass is 634 g/mol. The zero-order valence-electron chi connectivity index (χ0n) is 27.0. The van der Waals surface area contributed by atoms with Gasteiger partial charge in [0.05, 0.1) is 23.5 Å². The molecule has 1 aromatic carbocycles. The number of piperazine rings is 1. The number of benzene rings is 1. The van der Waals surface area contributed by atoms with Gasteiger partial charge in [0.1, 0.15) is 0 Å². The number of carbonyl (C=O) groups is 4. The SMILES string of the molecule is NCCCCCC(=O)NCCCCCC(=O)NCCCCN1CCN(CC(=O)N2c3ccccc3C(=O)Nc3cccnc32)CC1. The van der Waals surface area contributed by atoms with Crippen LogP contribution in [0.3, 0.4) is 0 Å². The predicted octanol–water partition coefficient (Wildman–Crippen LogP) is 3.02. The second-order valence-electron chi connectivity index (χ2n) is 12.0. The van der Waals surface area contributed by atoms with E-state index in [-0.39, 0.29) is 30.2 Å². The topological polar surface area (TPSA) is 153 Å². The van der Waals surface area contributed by atoms with Crippen molar-refractivity contribution in [1.29, 1.82) is 0 Å². The zero-order valence-corrected chi connectivity index (χ0v) is 27.0. The summed E-state index contributed by atoms with van der Waals surface area (Å²) in [7, 11) is 0. The van der Waals surface area contributed by atoms with Crippen molar-refractivity contribution in [2.45, 2.75) is 64.2 Å². The van der Waals surface area contributed by atoms with Gasteiger partial charge in [0, 0.05) is 58.3 Å². The molecule has 12 heteroatoms. The van der Waals surface area contributed by atoms with Gasteiger partial charge in [-0.15, -0.1) is 0 Å². The summed E-state index contributed by atoms with van der Waals surface area (Å²) in [6.07, 6.45) is 10.1. The van der Waals surface area contributed by atoms with E-state index in [4.69, 9.17) is 5.73 Å². The molecule has 2 aromatic rings. The maximum atomic E-state index is 13.7. The summed E-state index contributed by atoms with van der Waals surface area (Å²) in [4.78, 5) is 61.0. The van der Waals surface area contributed by atoms with Gasteiger partial charge in [0.2, 0.25) is 17.7 Å². The van der Waals surface area contributed by atoms with Crippen LogP contribution in [0.4, 0.5) is 17.2 Å². The van der Waals surface area contributed by atoms with Crippen molar-refractivity contribution in [3.63, 3.8) is 0 Å². The third kappa shape index (κ3) is 10.9. The van der Waals surface area contributed by atoms with Gasteiger partial charge in [-0.1, -0.05) is 25.0 Å². The molecule has 4 amide bonds. The molecule has 0 bridgehead atoms. The van der Waals surface area contributed by atoms with Crippen molar-refractivity contribution in [3.05, 3.63) is 48.2 Å². The summed E-state index contributed by atoms with van der Waals surface area (Å²) in [5, 5.41) is 8.86. The molecule has 0 radical (unpaired) electrons. The Kier molecular flexibility index (Phi) is 14.4. The zero-order chi connectivity index (χ0) is 32.6. The first-order chi connectivity index (χ1) is 22.5. The highest BCUT2D eigenvalue weighted by molar-refractivity contribution is 6.17. The average Bonchev–Trinajstić information content (AvgIpc) is 3.19. The highest BCUT2D eigenvalue weighted by Crippen LogP contribution is 2.36.